The molecule has 2 aromatic heterocycles. The van der Waals surface area contributed by atoms with Crippen LogP contribution < -0.4 is 19.9 Å². The van der Waals surface area contributed by atoms with Crippen molar-refractivity contribution in [2.45, 2.75) is 38.7 Å². The molecule has 46 heavy (non-hydrogen) atoms. The highest BCUT2D eigenvalue weighted by atomic mass is 19.3. The number of amides is 4. The number of fused-ring (bicyclic) bond motifs is 1. The number of imide groups is 1. The second kappa shape index (κ2) is 11.9. The average molecular weight is 638 g/mol. The first-order valence-electron chi connectivity index (χ1n) is 14.6. The van der Waals surface area contributed by atoms with Crippen molar-refractivity contribution < 1.29 is 41.3 Å². The maximum absolute atomic E-state index is 15.3. The van der Waals surface area contributed by atoms with Crippen LogP contribution >= 0.6 is 0 Å². The summed E-state index contributed by atoms with van der Waals surface area (Å²) in [5.41, 5.74) is 1.22. The smallest absolute Gasteiger partial charge is 0.452 e. The minimum absolute atomic E-state index is 0.0230. The molecule has 2 aliphatic rings. The van der Waals surface area contributed by atoms with Crippen LogP contribution in [0.2, 0.25) is 0 Å². The summed E-state index contributed by atoms with van der Waals surface area (Å²) in [6.07, 6.45) is 3.85. The van der Waals surface area contributed by atoms with E-state index in [4.69, 9.17) is 4.74 Å². The highest BCUT2D eigenvalue weighted by Gasteiger charge is 2.48. The molecule has 1 atom stereocenters. The molecular formula is C32H29F4N6O4+. The highest BCUT2D eigenvalue weighted by molar-refractivity contribution is 6.28. The van der Waals surface area contributed by atoms with E-state index in [1.165, 1.54) is 45.8 Å². The van der Waals surface area contributed by atoms with Crippen LogP contribution in [0.1, 0.15) is 26.7 Å². The fraction of sp³-hybridized carbons (Fsp3) is 0.281. The molecule has 1 saturated heterocycles. The van der Waals surface area contributed by atoms with Crippen LogP contribution in [0.25, 0.3) is 5.52 Å². The summed E-state index contributed by atoms with van der Waals surface area (Å²) in [7, 11) is 0. The normalized spacial score (nSPS) is 18.2. The van der Waals surface area contributed by atoms with Crippen molar-refractivity contribution >= 4 is 46.6 Å². The molecule has 238 valence electrons. The Hall–Kier alpha value is -5.27. The number of benzene rings is 2. The maximum Gasteiger partial charge on any atom is 0.505 e. The number of pyridine rings is 1. The molecule has 0 spiro atoms. The minimum atomic E-state index is -2.72. The molecule has 0 radical (unpaired) electrons. The molecule has 10 nitrogen and oxygen atoms in total. The lowest BCUT2D eigenvalue weighted by molar-refractivity contribution is -0.459. The summed E-state index contributed by atoms with van der Waals surface area (Å²) < 4.78 is 65.0. The molecular weight excluding hydrogens is 608 g/mol. The fourth-order valence-corrected chi connectivity index (χ4v) is 5.37. The summed E-state index contributed by atoms with van der Waals surface area (Å²) in [5, 5.41) is 6.74. The first-order valence-corrected chi connectivity index (χ1v) is 14.6. The number of nitrogens with zero attached hydrogens (tertiary/aromatic N) is 5. The Morgan fingerprint density at radius 3 is 2.39 bits per heavy atom. The molecule has 0 saturated carbocycles. The van der Waals surface area contributed by atoms with Gasteiger partial charge in [-0.25, -0.2) is 26.9 Å². The molecule has 14 heteroatoms. The van der Waals surface area contributed by atoms with Gasteiger partial charge in [-0.1, -0.05) is 0 Å². The Morgan fingerprint density at radius 1 is 1.00 bits per heavy atom. The van der Waals surface area contributed by atoms with Gasteiger partial charge in [-0.15, -0.1) is 4.90 Å². The van der Waals surface area contributed by atoms with E-state index in [1.807, 2.05) is 0 Å². The number of rotatable bonds is 7. The average Bonchev–Trinajstić information content (AvgIpc) is 3.48. The molecule has 2 aliphatic heterocycles. The van der Waals surface area contributed by atoms with Crippen LogP contribution in [-0.2, 0) is 9.59 Å². The Kier molecular flexibility index (Phi) is 7.96. The quantitative estimate of drug-likeness (QED) is 0.155. The predicted octanol–water partition coefficient (Wildman–Crippen LogP) is 5.85. The van der Waals surface area contributed by atoms with Gasteiger partial charge in [0, 0.05) is 43.8 Å². The fourth-order valence-electron chi connectivity index (χ4n) is 5.37. The van der Waals surface area contributed by atoms with Gasteiger partial charge in [-0.2, -0.15) is 14.5 Å². The Labute approximate surface area is 260 Å². The summed E-state index contributed by atoms with van der Waals surface area (Å²) in [6.45, 7) is 3.67. The number of hydrogen-bond donors (Lipinski definition) is 1. The van der Waals surface area contributed by atoms with Gasteiger partial charge in [-0.3, -0.25) is 4.79 Å². The van der Waals surface area contributed by atoms with Crippen LogP contribution in [0.3, 0.4) is 0 Å². The van der Waals surface area contributed by atoms with E-state index >= 15 is 4.39 Å². The number of urea groups is 1. The predicted molar refractivity (Wildman–Crippen MR) is 161 cm³/mol. The van der Waals surface area contributed by atoms with Crippen molar-refractivity contribution in [3.05, 3.63) is 78.6 Å². The van der Waals surface area contributed by atoms with Gasteiger partial charge in [0.2, 0.25) is 5.91 Å². The van der Waals surface area contributed by atoms with E-state index in [9.17, 15) is 27.6 Å². The molecule has 4 heterocycles. The van der Waals surface area contributed by atoms with E-state index in [0.29, 0.717) is 11.2 Å². The van der Waals surface area contributed by atoms with E-state index in [2.05, 4.69) is 10.4 Å². The molecule has 0 aliphatic carbocycles. The van der Waals surface area contributed by atoms with Gasteiger partial charge in [-0.05, 0) is 56.3 Å². The maximum atomic E-state index is 15.3. The van der Waals surface area contributed by atoms with Crippen LogP contribution in [0.4, 0.5) is 39.4 Å². The topological polar surface area (TPSA) is 99.3 Å². The third-order valence-electron chi connectivity index (χ3n) is 7.87. The van der Waals surface area contributed by atoms with Gasteiger partial charge < -0.3 is 15.0 Å². The summed E-state index contributed by atoms with van der Waals surface area (Å²) >= 11 is 0. The molecule has 1 fully saturated rings. The largest absolute Gasteiger partial charge is 0.505 e. The number of carbonyl (C=O) groups excluding carboxylic acids is 3. The number of halogens is 4. The standard InChI is InChI=1S/C32H28F4N6O4/c1-19(2)40-18-24(30(44)42(31(40)45)22-6-3-20(33)4-7-22)29(43)38-21-5-8-27(25(34)15-21)46-28-16-23(17-41-26(28)9-12-37-41)39-13-10-32(35,36)11-14-39/h3-9,12,15-19,24H,10-11,13-14H2,1-2H3/p+1. The number of anilines is 3. The number of carbonyl (C=O) groups is 3. The van der Waals surface area contributed by atoms with E-state index < -0.39 is 47.4 Å². The van der Waals surface area contributed by atoms with Crippen molar-refractivity contribution in [3.8, 4) is 11.5 Å². The van der Waals surface area contributed by atoms with Gasteiger partial charge in [0.1, 0.15) is 17.0 Å². The number of nitrogens with one attached hydrogen (secondary N) is 1. The second-order valence-corrected chi connectivity index (χ2v) is 11.4. The number of alkyl halides is 2. The first-order chi connectivity index (χ1) is 21.9. The van der Waals surface area contributed by atoms with Crippen molar-refractivity contribution in [3.63, 3.8) is 0 Å². The first kappa shape index (κ1) is 30.7. The monoisotopic (exact) mass is 637 g/mol. The van der Waals surface area contributed by atoms with E-state index in [0.717, 1.165) is 23.1 Å². The van der Waals surface area contributed by atoms with Crippen LogP contribution in [0.15, 0.2) is 67.0 Å². The van der Waals surface area contributed by atoms with Crippen LogP contribution in [-0.4, -0.2) is 63.3 Å². The number of ether oxygens (including phenoxy) is 1. The lowest BCUT2D eigenvalue weighted by Crippen LogP contribution is -2.55. The zero-order valence-corrected chi connectivity index (χ0v) is 24.8. The minimum Gasteiger partial charge on any atom is -0.452 e. The van der Waals surface area contributed by atoms with E-state index in [1.54, 1.807) is 37.1 Å². The lowest BCUT2D eigenvalue weighted by Gasteiger charge is -2.33. The van der Waals surface area contributed by atoms with Crippen LogP contribution in [0.5, 0.6) is 11.5 Å². The van der Waals surface area contributed by atoms with Crippen LogP contribution in [0, 0.1) is 17.6 Å². The Bertz CT molecular complexity index is 1860. The second-order valence-electron chi connectivity index (χ2n) is 11.4. The summed E-state index contributed by atoms with van der Waals surface area (Å²) in [5.74, 6) is -7.17. The molecule has 6 rings (SSSR count). The van der Waals surface area contributed by atoms with E-state index in [-0.39, 0.29) is 48.8 Å². The summed E-state index contributed by atoms with van der Waals surface area (Å²) in [6, 6.07) is 10.6. The van der Waals surface area contributed by atoms with Crippen molar-refractivity contribution in [2.75, 3.05) is 28.2 Å². The SMILES string of the molecule is CC(C)[N+]1=CC(C(=O)Nc2ccc(Oc3cc(N4CCC(F)(F)CC4)cn4nccc34)c(F)c2)C(=O)N(c2ccc(F)cc2)C1=O. The zero-order valence-electron chi connectivity index (χ0n) is 24.8. The van der Waals surface area contributed by atoms with Gasteiger partial charge in [0.15, 0.2) is 23.2 Å². The zero-order chi connectivity index (χ0) is 32.7. The third-order valence-corrected chi connectivity index (χ3v) is 7.87. The number of piperidine rings is 1. The molecule has 1 N–H and O–H groups in total. The molecule has 1 unspecified atom stereocenters. The van der Waals surface area contributed by atoms with Gasteiger partial charge in [0.25, 0.3) is 5.92 Å². The Balaban J connectivity index is 1.22. The van der Waals surface area contributed by atoms with Crippen molar-refractivity contribution in [2.24, 2.45) is 5.92 Å². The third kappa shape index (κ3) is 6.02. The molecule has 2 aromatic carbocycles. The molecule has 4 aromatic rings. The Morgan fingerprint density at radius 2 is 1.72 bits per heavy atom. The number of aromatic nitrogens is 2. The van der Waals surface area contributed by atoms with Crippen molar-refractivity contribution in [1.82, 2.24) is 9.61 Å². The lowest BCUT2D eigenvalue weighted by atomic mass is 10.0. The highest BCUT2D eigenvalue weighted by Crippen LogP contribution is 2.36. The van der Waals surface area contributed by atoms with Crippen molar-refractivity contribution in [1.29, 1.82) is 0 Å². The molecule has 4 amide bonds. The molecule has 0 bridgehead atoms. The van der Waals surface area contributed by atoms with Gasteiger partial charge >= 0.3 is 11.9 Å². The van der Waals surface area contributed by atoms with Gasteiger partial charge in [0.05, 0.1) is 30.3 Å². The summed E-state index contributed by atoms with van der Waals surface area (Å²) in [4.78, 5) is 42.4. The number of hydrogen-bond acceptors (Lipinski definition) is 6.